The molecule has 1 aromatic rings. The molecule has 74 valence electrons. The second-order valence-electron chi connectivity index (χ2n) is 3.78. The molecule has 0 aliphatic carbocycles. The smallest absolute Gasteiger partial charge is 0.128 e. The molecule has 0 radical (unpaired) electrons. The topological polar surface area (TPSA) is 9.23 Å². The number of hydrogen-bond donors (Lipinski definition) is 0. The fraction of sp³-hybridized carbons (Fsp3) is 0.333. The lowest BCUT2D eigenvalue weighted by Gasteiger charge is -2.22. The fourth-order valence-corrected chi connectivity index (χ4v) is 2.01. The van der Waals surface area contributed by atoms with Crippen molar-refractivity contribution in [2.45, 2.75) is 13.8 Å². The van der Waals surface area contributed by atoms with Crippen LogP contribution in [0.3, 0.4) is 0 Å². The maximum atomic E-state index is 6.31. The van der Waals surface area contributed by atoms with Crippen LogP contribution < -0.4 is 4.74 Å². The van der Waals surface area contributed by atoms with Gasteiger partial charge < -0.3 is 4.74 Å². The summed E-state index contributed by atoms with van der Waals surface area (Å²) in [6.45, 7) is 4.89. The third-order valence-corrected chi connectivity index (χ3v) is 2.93. The Labute approximate surface area is 89.3 Å². The van der Waals surface area contributed by atoms with Crippen LogP contribution in [0.25, 0.3) is 5.03 Å². The Balaban J connectivity index is 2.51. The molecule has 0 bridgehead atoms. The molecule has 1 aliphatic heterocycles. The average molecular weight is 209 g/mol. The Morgan fingerprint density at radius 1 is 1.29 bits per heavy atom. The Hall–Kier alpha value is -0.950. The minimum absolute atomic E-state index is 0.441. The summed E-state index contributed by atoms with van der Waals surface area (Å²) in [5.41, 5.74) is 2.20. The van der Waals surface area contributed by atoms with Crippen molar-refractivity contribution in [1.29, 1.82) is 0 Å². The zero-order chi connectivity index (χ0) is 10.1. The Morgan fingerprint density at radius 2 is 2.00 bits per heavy atom. The Bertz CT molecular complexity index is 380. The Kier molecular flexibility index (Phi) is 2.51. The summed E-state index contributed by atoms with van der Waals surface area (Å²) in [6, 6.07) is 7.89. The molecule has 2 rings (SSSR count). The molecule has 2 heteroatoms. The zero-order valence-electron chi connectivity index (χ0n) is 8.38. The van der Waals surface area contributed by atoms with Crippen molar-refractivity contribution in [3.8, 4) is 5.75 Å². The number of rotatable bonds is 1. The van der Waals surface area contributed by atoms with E-state index in [4.69, 9.17) is 16.3 Å². The van der Waals surface area contributed by atoms with E-state index in [1.54, 1.807) is 0 Å². The van der Waals surface area contributed by atoms with Crippen LogP contribution in [-0.2, 0) is 0 Å². The van der Waals surface area contributed by atoms with E-state index in [2.05, 4.69) is 13.8 Å². The molecular formula is C12H13ClO. The standard InChI is InChI=1S/C12H13ClO/c1-8(2)10-7-14-11-6-4-3-5-9(11)12(10)13/h3-6,8H,7H2,1-2H3. The SMILES string of the molecule is CC(C)C1=C(Cl)c2ccccc2OC1. The van der Waals surface area contributed by atoms with E-state index in [1.807, 2.05) is 24.3 Å². The minimum atomic E-state index is 0.441. The number of halogens is 1. The third kappa shape index (κ3) is 1.53. The van der Waals surface area contributed by atoms with Crippen molar-refractivity contribution >= 4 is 16.6 Å². The highest BCUT2D eigenvalue weighted by Crippen LogP contribution is 2.37. The molecule has 0 saturated carbocycles. The molecular weight excluding hydrogens is 196 g/mol. The largest absolute Gasteiger partial charge is 0.488 e. The van der Waals surface area contributed by atoms with Crippen LogP contribution in [-0.4, -0.2) is 6.61 Å². The first-order valence-corrected chi connectivity index (χ1v) is 5.18. The molecule has 0 N–H and O–H groups in total. The van der Waals surface area contributed by atoms with Crippen molar-refractivity contribution in [3.63, 3.8) is 0 Å². The first-order chi connectivity index (χ1) is 6.70. The predicted molar refractivity (Wildman–Crippen MR) is 59.5 cm³/mol. The highest BCUT2D eigenvalue weighted by molar-refractivity contribution is 6.49. The average Bonchev–Trinajstić information content (AvgIpc) is 2.18. The van der Waals surface area contributed by atoms with Gasteiger partial charge in [0.2, 0.25) is 0 Å². The summed E-state index contributed by atoms with van der Waals surface area (Å²) in [5, 5.41) is 0.863. The highest BCUT2D eigenvalue weighted by atomic mass is 35.5. The molecule has 0 aromatic heterocycles. The number of benzene rings is 1. The van der Waals surface area contributed by atoms with Gasteiger partial charge in [0.25, 0.3) is 0 Å². The van der Waals surface area contributed by atoms with Gasteiger partial charge in [0, 0.05) is 5.56 Å². The maximum absolute atomic E-state index is 6.31. The summed E-state index contributed by atoms with van der Waals surface area (Å²) in [5.74, 6) is 1.33. The summed E-state index contributed by atoms with van der Waals surface area (Å²) in [7, 11) is 0. The van der Waals surface area contributed by atoms with E-state index in [0.717, 1.165) is 16.3 Å². The molecule has 0 unspecified atom stereocenters. The summed E-state index contributed by atoms with van der Waals surface area (Å²) < 4.78 is 5.63. The van der Waals surface area contributed by atoms with E-state index in [0.29, 0.717) is 12.5 Å². The highest BCUT2D eigenvalue weighted by Gasteiger charge is 2.19. The van der Waals surface area contributed by atoms with E-state index in [-0.39, 0.29) is 0 Å². The van der Waals surface area contributed by atoms with Crippen LogP contribution in [0.15, 0.2) is 29.8 Å². The second kappa shape index (κ2) is 3.66. The van der Waals surface area contributed by atoms with Crippen LogP contribution in [0.5, 0.6) is 5.75 Å². The van der Waals surface area contributed by atoms with E-state index < -0.39 is 0 Å². The van der Waals surface area contributed by atoms with E-state index >= 15 is 0 Å². The molecule has 0 spiro atoms. The molecule has 0 fully saturated rings. The predicted octanol–water partition coefficient (Wildman–Crippen LogP) is 3.68. The summed E-state index contributed by atoms with van der Waals surface area (Å²) in [4.78, 5) is 0. The minimum Gasteiger partial charge on any atom is -0.488 e. The van der Waals surface area contributed by atoms with Crippen LogP contribution in [0.2, 0.25) is 0 Å². The van der Waals surface area contributed by atoms with Crippen molar-refractivity contribution in [2.75, 3.05) is 6.61 Å². The van der Waals surface area contributed by atoms with Gasteiger partial charge in [0.15, 0.2) is 0 Å². The van der Waals surface area contributed by atoms with Crippen molar-refractivity contribution in [3.05, 3.63) is 35.4 Å². The molecule has 14 heavy (non-hydrogen) atoms. The summed E-state index contributed by atoms with van der Waals surface area (Å²) >= 11 is 6.31. The molecule has 1 heterocycles. The van der Waals surface area contributed by atoms with Crippen LogP contribution in [0.1, 0.15) is 19.4 Å². The zero-order valence-corrected chi connectivity index (χ0v) is 9.14. The van der Waals surface area contributed by atoms with Gasteiger partial charge in [-0.2, -0.15) is 0 Å². The molecule has 1 aromatic carbocycles. The fourth-order valence-electron chi connectivity index (χ4n) is 1.59. The number of fused-ring (bicyclic) bond motifs is 1. The quantitative estimate of drug-likeness (QED) is 0.684. The lowest BCUT2D eigenvalue weighted by atomic mass is 9.98. The molecule has 0 atom stereocenters. The van der Waals surface area contributed by atoms with Gasteiger partial charge in [-0.05, 0) is 23.6 Å². The normalized spacial score (nSPS) is 15.4. The number of ether oxygens (including phenoxy) is 1. The lowest BCUT2D eigenvalue weighted by molar-refractivity contribution is 0.334. The van der Waals surface area contributed by atoms with Crippen molar-refractivity contribution in [1.82, 2.24) is 0 Å². The van der Waals surface area contributed by atoms with Gasteiger partial charge in [0.05, 0.1) is 5.03 Å². The van der Waals surface area contributed by atoms with Gasteiger partial charge >= 0.3 is 0 Å². The van der Waals surface area contributed by atoms with Gasteiger partial charge in [-0.3, -0.25) is 0 Å². The van der Waals surface area contributed by atoms with Crippen LogP contribution in [0, 0.1) is 5.92 Å². The van der Waals surface area contributed by atoms with Gasteiger partial charge in [-0.1, -0.05) is 37.6 Å². The molecule has 1 aliphatic rings. The molecule has 0 amide bonds. The monoisotopic (exact) mass is 208 g/mol. The van der Waals surface area contributed by atoms with Gasteiger partial charge in [-0.15, -0.1) is 0 Å². The molecule has 0 saturated heterocycles. The second-order valence-corrected chi connectivity index (χ2v) is 4.16. The first-order valence-electron chi connectivity index (χ1n) is 4.81. The Morgan fingerprint density at radius 3 is 2.71 bits per heavy atom. The van der Waals surface area contributed by atoms with Crippen molar-refractivity contribution < 1.29 is 4.74 Å². The third-order valence-electron chi connectivity index (χ3n) is 2.49. The van der Waals surface area contributed by atoms with Gasteiger partial charge in [0.1, 0.15) is 12.4 Å². The molecule has 1 nitrogen and oxygen atoms in total. The van der Waals surface area contributed by atoms with Crippen LogP contribution in [0.4, 0.5) is 0 Å². The van der Waals surface area contributed by atoms with Gasteiger partial charge in [-0.25, -0.2) is 0 Å². The lowest BCUT2D eigenvalue weighted by Crippen LogP contribution is -2.13. The maximum Gasteiger partial charge on any atom is 0.128 e. The number of para-hydroxylation sites is 1. The van der Waals surface area contributed by atoms with Crippen LogP contribution >= 0.6 is 11.6 Å². The first kappa shape index (κ1) is 9.60. The van der Waals surface area contributed by atoms with E-state index in [1.165, 1.54) is 5.57 Å². The van der Waals surface area contributed by atoms with Crippen molar-refractivity contribution in [2.24, 2.45) is 5.92 Å². The summed E-state index contributed by atoms with van der Waals surface area (Å²) in [6.07, 6.45) is 0. The van der Waals surface area contributed by atoms with E-state index in [9.17, 15) is 0 Å². The number of hydrogen-bond acceptors (Lipinski definition) is 1.